The van der Waals surface area contributed by atoms with Crippen LogP contribution < -0.4 is 0 Å². The van der Waals surface area contributed by atoms with Gasteiger partial charge in [-0.3, -0.25) is 0 Å². The molecule has 0 heterocycles. The summed E-state index contributed by atoms with van der Waals surface area (Å²) >= 11 is 0. The Kier molecular flexibility index (Phi) is 17.7. The second kappa shape index (κ2) is 17.3. The van der Waals surface area contributed by atoms with Crippen LogP contribution in [0.2, 0.25) is 73.0 Å². The van der Waals surface area contributed by atoms with Crippen LogP contribution >= 0.6 is 0 Å². The zero-order valence-corrected chi connectivity index (χ0v) is 37.5. The molecule has 0 aromatic heterocycles. The predicted molar refractivity (Wildman–Crippen MR) is 202 cm³/mol. The van der Waals surface area contributed by atoms with Crippen molar-refractivity contribution in [1.82, 2.24) is 0 Å². The van der Waals surface area contributed by atoms with E-state index < -0.39 is 42.3 Å². The zero-order chi connectivity index (χ0) is 34.0. The summed E-state index contributed by atoms with van der Waals surface area (Å²) in [7, 11) is -7.66. The second-order valence-corrected chi connectivity index (χ2v) is 39.3. The SMILES string of the molecule is CO[Si](C)(CCCCCCCCCCCC[Si](O[Si](C)(C)C(C)(C)C)(O[Si](C)(C)C(C)(C)C)O[Si](C)(C)C(C)(C)C)OC. The molecule has 0 aliphatic carbocycles. The van der Waals surface area contributed by atoms with E-state index in [-0.39, 0.29) is 15.1 Å². The van der Waals surface area contributed by atoms with Gasteiger partial charge >= 0.3 is 17.4 Å². The highest BCUT2D eigenvalue weighted by Gasteiger charge is 2.57. The minimum atomic E-state index is -2.97. The molecular formula is C33H78O5Si5. The molecule has 0 aromatic rings. The number of unbranched alkanes of at least 4 members (excludes halogenated alkanes) is 9. The summed E-state index contributed by atoms with van der Waals surface area (Å²) in [6.45, 7) is 37.5. The van der Waals surface area contributed by atoms with Crippen LogP contribution in [0.4, 0.5) is 0 Å². The van der Waals surface area contributed by atoms with Gasteiger partial charge in [0.2, 0.25) is 0 Å². The first-order valence-electron chi connectivity index (χ1n) is 17.4. The molecule has 0 amide bonds. The maximum Gasteiger partial charge on any atom is 0.469 e. The lowest BCUT2D eigenvalue weighted by molar-refractivity contribution is 0.227. The van der Waals surface area contributed by atoms with Crippen LogP contribution in [-0.2, 0) is 21.2 Å². The molecule has 0 fully saturated rings. The third kappa shape index (κ3) is 15.1. The highest BCUT2D eigenvalue weighted by molar-refractivity contribution is 6.92. The molecule has 0 unspecified atom stereocenters. The first-order chi connectivity index (χ1) is 19.2. The van der Waals surface area contributed by atoms with Gasteiger partial charge < -0.3 is 21.2 Å². The van der Waals surface area contributed by atoms with Crippen molar-refractivity contribution in [3.63, 3.8) is 0 Å². The molecule has 0 spiro atoms. The van der Waals surface area contributed by atoms with Crippen molar-refractivity contribution in [1.29, 1.82) is 0 Å². The second-order valence-electron chi connectivity index (χ2n) is 17.8. The monoisotopic (exact) mass is 694 g/mol. The van der Waals surface area contributed by atoms with Gasteiger partial charge in [0.1, 0.15) is 0 Å². The van der Waals surface area contributed by atoms with Gasteiger partial charge in [-0.15, -0.1) is 0 Å². The molecule has 5 nitrogen and oxygen atoms in total. The first kappa shape index (κ1) is 43.9. The fourth-order valence-corrected chi connectivity index (χ4v) is 22.3. The molecule has 0 aliphatic heterocycles. The van der Waals surface area contributed by atoms with Gasteiger partial charge in [0.05, 0.1) is 0 Å². The van der Waals surface area contributed by atoms with Crippen LogP contribution in [0, 0.1) is 0 Å². The summed E-state index contributed by atoms with van der Waals surface area (Å²) < 4.78 is 33.6. The summed E-state index contributed by atoms with van der Waals surface area (Å²) in [6.07, 6.45) is 12.8. The van der Waals surface area contributed by atoms with E-state index in [1.807, 2.05) is 0 Å². The van der Waals surface area contributed by atoms with Crippen molar-refractivity contribution < 1.29 is 21.2 Å². The van der Waals surface area contributed by atoms with Crippen molar-refractivity contribution in [2.24, 2.45) is 0 Å². The molecule has 0 bridgehead atoms. The molecule has 260 valence electrons. The van der Waals surface area contributed by atoms with Crippen LogP contribution in [0.3, 0.4) is 0 Å². The quantitative estimate of drug-likeness (QED) is 0.0884. The van der Waals surface area contributed by atoms with Crippen molar-refractivity contribution in [2.45, 2.75) is 200 Å². The summed E-state index contributed by atoms with van der Waals surface area (Å²) in [5, 5.41) is 0.315. The smallest absolute Gasteiger partial charge is 0.416 e. The fraction of sp³-hybridized carbons (Fsp3) is 1.00. The Labute approximate surface area is 276 Å². The highest BCUT2D eigenvalue weighted by Crippen LogP contribution is 2.47. The Morgan fingerprint density at radius 3 is 0.837 bits per heavy atom. The lowest BCUT2D eigenvalue weighted by Crippen LogP contribution is -2.65. The Balaban J connectivity index is 5.41. The van der Waals surface area contributed by atoms with Crippen molar-refractivity contribution >= 4 is 42.3 Å². The Bertz CT molecular complexity index is 709. The van der Waals surface area contributed by atoms with E-state index >= 15 is 0 Å². The van der Waals surface area contributed by atoms with Crippen molar-refractivity contribution in [3.05, 3.63) is 0 Å². The average Bonchev–Trinajstić information content (AvgIpc) is 2.81. The molecule has 43 heavy (non-hydrogen) atoms. The molecule has 0 saturated heterocycles. The maximum absolute atomic E-state index is 7.47. The molecule has 0 rings (SSSR count). The van der Waals surface area contributed by atoms with Gasteiger partial charge in [-0.25, -0.2) is 0 Å². The van der Waals surface area contributed by atoms with Crippen LogP contribution in [0.15, 0.2) is 0 Å². The molecule has 0 aliphatic rings. The van der Waals surface area contributed by atoms with Gasteiger partial charge in [-0.05, 0) is 73.4 Å². The Morgan fingerprint density at radius 2 is 0.605 bits per heavy atom. The van der Waals surface area contributed by atoms with Gasteiger partial charge in [0.15, 0.2) is 25.0 Å². The standard InChI is InChI=1S/C33H78O5Si5/c1-31(2,3)39(12,13)36-43(37-40(14,15)32(4,5)6,38-41(16,17)33(7,8)9)30-28-26-24-22-20-19-21-23-25-27-29-42(18,34-10)35-11/h19-30H2,1-18H3. The topological polar surface area (TPSA) is 46.2 Å². The third-order valence-corrected chi connectivity index (χ3v) is 35.5. The van der Waals surface area contributed by atoms with Crippen molar-refractivity contribution in [2.75, 3.05) is 14.2 Å². The van der Waals surface area contributed by atoms with E-state index in [9.17, 15) is 0 Å². The molecule has 0 radical (unpaired) electrons. The van der Waals surface area contributed by atoms with E-state index in [0.717, 1.165) is 18.5 Å². The molecule has 10 heteroatoms. The number of hydrogen-bond acceptors (Lipinski definition) is 5. The van der Waals surface area contributed by atoms with Gasteiger partial charge in [0, 0.05) is 20.3 Å². The maximum atomic E-state index is 7.47. The van der Waals surface area contributed by atoms with Gasteiger partial charge in [-0.2, -0.15) is 0 Å². The largest absolute Gasteiger partial charge is 0.469 e. The Hall–Kier alpha value is 0.884. The minimum Gasteiger partial charge on any atom is -0.416 e. The number of rotatable bonds is 21. The minimum absolute atomic E-state index is 0.105. The highest BCUT2D eigenvalue weighted by atomic mass is 28.5. The zero-order valence-electron chi connectivity index (χ0n) is 32.5. The van der Waals surface area contributed by atoms with E-state index in [1.54, 1.807) is 14.2 Å². The molecule has 0 N–H and O–H groups in total. The first-order valence-corrected chi connectivity index (χ1v) is 30.6. The molecule has 0 saturated carbocycles. The van der Waals surface area contributed by atoms with E-state index in [2.05, 4.69) is 108 Å². The summed E-state index contributed by atoms with van der Waals surface area (Å²) in [5.74, 6) is 0. The third-order valence-electron chi connectivity index (χ3n) is 10.9. The van der Waals surface area contributed by atoms with Crippen LogP contribution in [0.5, 0.6) is 0 Å². The van der Waals surface area contributed by atoms with E-state index in [0.29, 0.717) is 0 Å². The predicted octanol–water partition coefficient (Wildman–Crippen LogP) is 12.3. The van der Waals surface area contributed by atoms with E-state index in [4.69, 9.17) is 21.2 Å². The average molecular weight is 695 g/mol. The van der Waals surface area contributed by atoms with Gasteiger partial charge in [-0.1, -0.05) is 120 Å². The lowest BCUT2D eigenvalue weighted by atomic mass is 10.1. The summed E-state index contributed by atoms with van der Waals surface area (Å²) in [4.78, 5) is 0. The van der Waals surface area contributed by atoms with Gasteiger partial charge in [0.25, 0.3) is 0 Å². The molecule has 0 aromatic carbocycles. The lowest BCUT2D eigenvalue weighted by Gasteiger charge is -2.52. The van der Waals surface area contributed by atoms with Crippen LogP contribution in [0.1, 0.15) is 127 Å². The van der Waals surface area contributed by atoms with Crippen LogP contribution in [0.25, 0.3) is 0 Å². The molecule has 0 atom stereocenters. The van der Waals surface area contributed by atoms with Crippen LogP contribution in [-0.4, -0.2) is 56.5 Å². The number of hydrogen-bond donors (Lipinski definition) is 0. The molecular weight excluding hydrogens is 617 g/mol. The van der Waals surface area contributed by atoms with E-state index in [1.165, 1.54) is 57.8 Å². The summed E-state index contributed by atoms with van der Waals surface area (Å²) in [6, 6.07) is 2.05. The Morgan fingerprint density at radius 1 is 0.372 bits per heavy atom. The summed E-state index contributed by atoms with van der Waals surface area (Å²) in [5.41, 5.74) is 0. The fourth-order valence-electron chi connectivity index (χ4n) is 4.33. The normalized spacial score (nSPS) is 14.9. The van der Waals surface area contributed by atoms with Crippen molar-refractivity contribution in [3.8, 4) is 0 Å².